The molecule has 0 aliphatic rings. The lowest BCUT2D eigenvalue weighted by Crippen LogP contribution is -1.90. The van der Waals surface area contributed by atoms with Crippen molar-refractivity contribution in [2.24, 2.45) is 0 Å². The first kappa shape index (κ1) is 12.1. The van der Waals surface area contributed by atoms with Crippen LogP contribution in [0, 0.1) is 12.4 Å². The number of hydrogen-bond acceptors (Lipinski definition) is 1. The van der Waals surface area contributed by atoms with Crippen LogP contribution in [0.5, 0.6) is 0 Å². The average Bonchev–Trinajstić information content (AvgIpc) is 2.37. The Labute approximate surface area is 105 Å². The molecule has 0 amide bonds. The monoisotopic (exact) mass is 241 g/mol. The molecule has 2 rings (SSSR count). The van der Waals surface area contributed by atoms with E-state index in [-0.39, 0.29) is 5.69 Å². The SMILES string of the molecule is [C-]#[N+]c1cc2cc(C(=C)OCC)ccc2cc1F. The predicted octanol–water partition coefficient (Wildman–Crippen LogP) is 4.54. The molecule has 0 heterocycles. The third kappa shape index (κ3) is 2.18. The number of rotatable bonds is 3. The van der Waals surface area contributed by atoms with Crippen molar-refractivity contribution < 1.29 is 9.13 Å². The number of halogens is 1. The lowest BCUT2D eigenvalue weighted by molar-refractivity contribution is 0.299. The fourth-order valence-electron chi connectivity index (χ4n) is 1.77. The topological polar surface area (TPSA) is 13.6 Å². The minimum atomic E-state index is -0.492. The second kappa shape index (κ2) is 4.89. The molecule has 0 fully saturated rings. The Morgan fingerprint density at radius 2 is 2.11 bits per heavy atom. The van der Waals surface area contributed by atoms with Gasteiger partial charge in [-0.3, -0.25) is 0 Å². The second-order valence-electron chi connectivity index (χ2n) is 3.83. The molecule has 2 aromatic carbocycles. The summed E-state index contributed by atoms with van der Waals surface area (Å²) in [6, 6.07) is 8.39. The molecule has 0 N–H and O–H groups in total. The molecule has 0 atom stereocenters. The molecule has 0 unspecified atom stereocenters. The van der Waals surface area contributed by atoms with E-state index < -0.39 is 5.82 Å². The van der Waals surface area contributed by atoms with Gasteiger partial charge < -0.3 is 4.74 Å². The third-order valence-electron chi connectivity index (χ3n) is 2.67. The fourth-order valence-corrected chi connectivity index (χ4v) is 1.77. The van der Waals surface area contributed by atoms with E-state index in [4.69, 9.17) is 11.3 Å². The first-order valence-electron chi connectivity index (χ1n) is 5.58. The summed E-state index contributed by atoms with van der Waals surface area (Å²) in [5.41, 5.74) is 0.869. The van der Waals surface area contributed by atoms with E-state index in [1.807, 2.05) is 19.1 Å². The number of hydrogen-bond donors (Lipinski definition) is 0. The van der Waals surface area contributed by atoms with E-state index in [1.54, 1.807) is 12.1 Å². The molecule has 0 saturated heterocycles. The quantitative estimate of drug-likeness (QED) is 0.568. The highest BCUT2D eigenvalue weighted by Gasteiger charge is 2.06. The lowest BCUT2D eigenvalue weighted by Gasteiger charge is -2.08. The van der Waals surface area contributed by atoms with Crippen LogP contribution >= 0.6 is 0 Å². The zero-order valence-corrected chi connectivity index (χ0v) is 10.0. The van der Waals surface area contributed by atoms with Gasteiger partial charge >= 0.3 is 0 Å². The van der Waals surface area contributed by atoms with Crippen LogP contribution in [0.15, 0.2) is 36.9 Å². The minimum Gasteiger partial charge on any atom is -0.494 e. The molecular weight excluding hydrogens is 229 g/mol. The van der Waals surface area contributed by atoms with Crippen molar-refractivity contribution in [2.75, 3.05) is 6.61 Å². The smallest absolute Gasteiger partial charge is 0.222 e. The standard InChI is InChI=1S/C15H12FNO/c1-4-18-10(2)11-5-6-12-8-14(16)15(17-3)9-13(12)7-11/h5-9H,2,4H2,1H3. The summed E-state index contributed by atoms with van der Waals surface area (Å²) in [5, 5.41) is 1.56. The highest BCUT2D eigenvalue weighted by molar-refractivity contribution is 5.88. The maximum atomic E-state index is 13.4. The van der Waals surface area contributed by atoms with Gasteiger partial charge in [-0.1, -0.05) is 18.7 Å². The van der Waals surface area contributed by atoms with E-state index in [0.29, 0.717) is 12.4 Å². The van der Waals surface area contributed by atoms with Crippen molar-refractivity contribution in [3.05, 3.63) is 59.7 Å². The number of benzene rings is 2. The Morgan fingerprint density at radius 1 is 1.33 bits per heavy atom. The van der Waals surface area contributed by atoms with Gasteiger partial charge in [0.2, 0.25) is 5.69 Å². The van der Waals surface area contributed by atoms with Crippen molar-refractivity contribution >= 4 is 22.2 Å². The number of fused-ring (bicyclic) bond motifs is 1. The van der Waals surface area contributed by atoms with E-state index in [2.05, 4.69) is 11.4 Å². The molecule has 0 radical (unpaired) electrons. The van der Waals surface area contributed by atoms with Crippen molar-refractivity contribution in [2.45, 2.75) is 6.92 Å². The van der Waals surface area contributed by atoms with Gasteiger partial charge in [-0.25, -0.2) is 9.24 Å². The molecule has 2 aromatic rings. The molecule has 0 saturated carbocycles. The van der Waals surface area contributed by atoms with Crippen LogP contribution in [0.2, 0.25) is 0 Å². The maximum absolute atomic E-state index is 13.4. The van der Waals surface area contributed by atoms with Crippen LogP contribution in [-0.4, -0.2) is 6.61 Å². The highest BCUT2D eigenvalue weighted by Crippen LogP contribution is 2.27. The van der Waals surface area contributed by atoms with Gasteiger partial charge in [0.15, 0.2) is 0 Å². The molecular formula is C15H12FNO. The van der Waals surface area contributed by atoms with Crippen LogP contribution in [0.1, 0.15) is 12.5 Å². The van der Waals surface area contributed by atoms with Crippen molar-refractivity contribution in [1.29, 1.82) is 0 Å². The molecule has 0 aliphatic heterocycles. The summed E-state index contributed by atoms with van der Waals surface area (Å²) in [6.07, 6.45) is 0. The summed E-state index contributed by atoms with van der Waals surface area (Å²) in [5.74, 6) is 0.0852. The molecule has 90 valence electrons. The Morgan fingerprint density at radius 3 is 2.78 bits per heavy atom. The summed E-state index contributed by atoms with van der Waals surface area (Å²) in [4.78, 5) is 3.15. The third-order valence-corrected chi connectivity index (χ3v) is 2.67. The largest absolute Gasteiger partial charge is 0.494 e. The molecule has 0 spiro atoms. The van der Waals surface area contributed by atoms with Gasteiger partial charge in [0.05, 0.1) is 13.2 Å². The normalized spacial score (nSPS) is 10.1. The Balaban J connectivity index is 2.54. The van der Waals surface area contributed by atoms with Crippen LogP contribution in [-0.2, 0) is 4.74 Å². The van der Waals surface area contributed by atoms with Gasteiger partial charge in [-0.05, 0) is 35.9 Å². The molecule has 0 bridgehead atoms. The lowest BCUT2D eigenvalue weighted by atomic mass is 10.1. The summed E-state index contributed by atoms with van der Waals surface area (Å²) >= 11 is 0. The number of nitrogens with zero attached hydrogens (tertiary/aromatic N) is 1. The van der Waals surface area contributed by atoms with Crippen LogP contribution in [0.25, 0.3) is 21.4 Å². The molecule has 18 heavy (non-hydrogen) atoms. The van der Waals surface area contributed by atoms with Crippen molar-refractivity contribution in [3.63, 3.8) is 0 Å². The fraction of sp³-hybridized carbons (Fsp3) is 0.133. The van der Waals surface area contributed by atoms with Crippen LogP contribution in [0.3, 0.4) is 0 Å². The molecule has 3 heteroatoms. The predicted molar refractivity (Wildman–Crippen MR) is 70.8 cm³/mol. The van der Waals surface area contributed by atoms with Crippen molar-refractivity contribution in [3.8, 4) is 0 Å². The highest BCUT2D eigenvalue weighted by atomic mass is 19.1. The van der Waals surface area contributed by atoms with Crippen LogP contribution < -0.4 is 0 Å². The maximum Gasteiger partial charge on any atom is 0.222 e. The zero-order valence-electron chi connectivity index (χ0n) is 10.0. The first-order valence-corrected chi connectivity index (χ1v) is 5.58. The van der Waals surface area contributed by atoms with E-state index in [1.165, 1.54) is 6.07 Å². The summed E-state index contributed by atoms with van der Waals surface area (Å²) < 4.78 is 18.8. The molecule has 0 aliphatic carbocycles. The van der Waals surface area contributed by atoms with E-state index >= 15 is 0 Å². The molecule has 0 aromatic heterocycles. The van der Waals surface area contributed by atoms with Gasteiger partial charge in [0.1, 0.15) is 11.6 Å². The van der Waals surface area contributed by atoms with Gasteiger partial charge in [-0.2, -0.15) is 0 Å². The van der Waals surface area contributed by atoms with Crippen molar-refractivity contribution in [1.82, 2.24) is 0 Å². The van der Waals surface area contributed by atoms with Gasteiger partial charge in [0, 0.05) is 5.56 Å². The Hall–Kier alpha value is -2.34. The van der Waals surface area contributed by atoms with Gasteiger partial charge in [-0.15, -0.1) is 0 Å². The zero-order chi connectivity index (χ0) is 13.1. The Kier molecular flexibility index (Phi) is 3.29. The minimum absolute atomic E-state index is 0.0293. The molecule has 2 nitrogen and oxygen atoms in total. The Bertz CT molecular complexity index is 655. The first-order chi connectivity index (χ1) is 8.65. The van der Waals surface area contributed by atoms with E-state index in [0.717, 1.165) is 16.3 Å². The average molecular weight is 241 g/mol. The summed E-state index contributed by atoms with van der Waals surface area (Å²) in [6.45, 7) is 13.2. The van der Waals surface area contributed by atoms with Crippen LogP contribution in [0.4, 0.5) is 10.1 Å². The van der Waals surface area contributed by atoms with E-state index in [9.17, 15) is 4.39 Å². The second-order valence-corrected chi connectivity index (χ2v) is 3.83. The number of ether oxygens (including phenoxy) is 1. The summed E-state index contributed by atoms with van der Waals surface area (Å²) in [7, 11) is 0. The van der Waals surface area contributed by atoms with Gasteiger partial charge in [0.25, 0.3) is 0 Å².